The van der Waals surface area contributed by atoms with Crippen LogP contribution in [0.25, 0.3) is 0 Å². The van der Waals surface area contributed by atoms with Gasteiger partial charge in [-0.3, -0.25) is 4.90 Å². The smallest absolute Gasteiger partial charge is 0.127 e. The van der Waals surface area contributed by atoms with Gasteiger partial charge in [0.05, 0.1) is 0 Å². The standard InChI is InChI=1S/C14H23N3/c1-12-6-8-17(9-7-12)11-13-4-5-14(15-10-13)16(2)3/h4-5,10,12H,6-9,11H2,1-3H3. The van der Waals surface area contributed by atoms with Gasteiger partial charge in [-0.05, 0) is 43.5 Å². The zero-order valence-electron chi connectivity index (χ0n) is 11.2. The highest BCUT2D eigenvalue weighted by molar-refractivity contribution is 5.37. The van der Waals surface area contributed by atoms with Crippen molar-refractivity contribution < 1.29 is 0 Å². The van der Waals surface area contributed by atoms with Crippen LogP contribution in [0.3, 0.4) is 0 Å². The normalized spacial score (nSPS) is 18.3. The van der Waals surface area contributed by atoms with Gasteiger partial charge >= 0.3 is 0 Å². The molecule has 1 aromatic heterocycles. The van der Waals surface area contributed by atoms with Gasteiger partial charge in [-0.1, -0.05) is 13.0 Å². The van der Waals surface area contributed by atoms with Crippen molar-refractivity contribution in [2.75, 3.05) is 32.1 Å². The van der Waals surface area contributed by atoms with Gasteiger partial charge in [0, 0.05) is 26.8 Å². The summed E-state index contributed by atoms with van der Waals surface area (Å²) in [5.41, 5.74) is 1.32. The molecule has 0 aliphatic carbocycles. The quantitative estimate of drug-likeness (QED) is 0.799. The number of rotatable bonds is 3. The van der Waals surface area contributed by atoms with Gasteiger partial charge < -0.3 is 4.90 Å². The summed E-state index contributed by atoms with van der Waals surface area (Å²) in [6, 6.07) is 4.29. The Balaban J connectivity index is 1.90. The largest absolute Gasteiger partial charge is 0.363 e. The van der Waals surface area contributed by atoms with E-state index in [2.05, 4.69) is 28.9 Å². The third kappa shape index (κ3) is 3.43. The topological polar surface area (TPSA) is 19.4 Å². The zero-order valence-corrected chi connectivity index (χ0v) is 11.2. The molecule has 0 saturated carbocycles. The molecule has 3 nitrogen and oxygen atoms in total. The Bertz CT molecular complexity index is 337. The van der Waals surface area contributed by atoms with Crippen LogP contribution >= 0.6 is 0 Å². The van der Waals surface area contributed by atoms with Gasteiger partial charge in [-0.2, -0.15) is 0 Å². The molecule has 1 aromatic rings. The SMILES string of the molecule is CC1CCN(Cc2ccc(N(C)C)nc2)CC1. The maximum atomic E-state index is 4.46. The summed E-state index contributed by atoms with van der Waals surface area (Å²) in [7, 11) is 4.04. The first-order valence-corrected chi connectivity index (χ1v) is 6.50. The second-order valence-electron chi connectivity index (χ2n) is 5.38. The van der Waals surface area contributed by atoms with Crippen LogP contribution in [0.5, 0.6) is 0 Å². The average molecular weight is 233 g/mol. The van der Waals surface area contributed by atoms with E-state index >= 15 is 0 Å². The highest BCUT2D eigenvalue weighted by Crippen LogP contribution is 2.18. The molecule has 0 aromatic carbocycles. The zero-order chi connectivity index (χ0) is 12.3. The van der Waals surface area contributed by atoms with Crippen molar-refractivity contribution >= 4 is 5.82 Å². The summed E-state index contributed by atoms with van der Waals surface area (Å²) >= 11 is 0. The molecule has 17 heavy (non-hydrogen) atoms. The lowest BCUT2D eigenvalue weighted by atomic mass is 9.99. The van der Waals surface area contributed by atoms with Crippen molar-refractivity contribution in [2.45, 2.75) is 26.3 Å². The van der Waals surface area contributed by atoms with E-state index in [9.17, 15) is 0 Å². The highest BCUT2D eigenvalue weighted by atomic mass is 15.1. The molecular formula is C14H23N3. The van der Waals surface area contributed by atoms with Crippen molar-refractivity contribution in [1.82, 2.24) is 9.88 Å². The Morgan fingerprint density at radius 2 is 2.00 bits per heavy atom. The number of piperidine rings is 1. The lowest BCUT2D eigenvalue weighted by Gasteiger charge is -2.30. The molecule has 94 valence electrons. The van der Waals surface area contributed by atoms with E-state index in [1.54, 1.807) is 0 Å². The molecule has 0 atom stereocenters. The number of pyridine rings is 1. The first-order chi connectivity index (χ1) is 8.15. The van der Waals surface area contributed by atoms with Crippen LogP contribution < -0.4 is 4.90 Å². The number of likely N-dealkylation sites (tertiary alicyclic amines) is 1. The molecule has 0 bridgehead atoms. The maximum Gasteiger partial charge on any atom is 0.127 e. The average Bonchev–Trinajstić information content (AvgIpc) is 2.33. The van der Waals surface area contributed by atoms with Crippen molar-refractivity contribution in [3.8, 4) is 0 Å². The summed E-state index contributed by atoms with van der Waals surface area (Å²) in [6.45, 7) is 5.87. The summed E-state index contributed by atoms with van der Waals surface area (Å²) < 4.78 is 0. The van der Waals surface area contributed by atoms with Crippen LogP contribution in [0.4, 0.5) is 5.82 Å². The number of nitrogens with zero attached hydrogens (tertiary/aromatic N) is 3. The molecule has 1 saturated heterocycles. The van der Waals surface area contributed by atoms with Crippen LogP contribution in [0.1, 0.15) is 25.3 Å². The maximum absolute atomic E-state index is 4.46. The van der Waals surface area contributed by atoms with E-state index in [-0.39, 0.29) is 0 Å². The summed E-state index contributed by atoms with van der Waals surface area (Å²) in [6.07, 6.45) is 4.68. The minimum Gasteiger partial charge on any atom is -0.363 e. The van der Waals surface area contributed by atoms with Gasteiger partial charge in [0.25, 0.3) is 0 Å². The van der Waals surface area contributed by atoms with E-state index in [1.165, 1.54) is 31.5 Å². The van der Waals surface area contributed by atoms with Gasteiger partial charge in [-0.25, -0.2) is 4.98 Å². The molecule has 3 heteroatoms. The van der Waals surface area contributed by atoms with Crippen molar-refractivity contribution in [3.05, 3.63) is 23.9 Å². The Morgan fingerprint density at radius 3 is 2.53 bits per heavy atom. The van der Waals surface area contributed by atoms with Crippen LogP contribution in [0, 0.1) is 5.92 Å². The van der Waals surface area contributed by atoms with Gasteiger partial charge in [0.15, 0.2) is 0 Å². The molecule has 2 rings (SSSR count). The molecular weight excluding hydrogens is 210 g/mol. The minimum atomic E-state index is 0.903. The summed E-state index contributed by atoms with van der Waals surface area (Å²) in [4.78, 5) is 9.03. The highest BCUT2D eigenvalue weighted by Gasteiger charge is 2.15. The molecule has 0 unspecified atom stereocenters. The number of anilines is 1. The molecule has 0 spiro atoms. The Morgan fingerprint density at radius 1 is 1.29 bits per heavy atom. The Kier molecular flexibility index (Phi) is 4.00. The van der Waals surface area contributed by atoms with Crippen molar-refractivity contribution in [2.24, 2.45) is 5.92 Å². The van der Waals surface area contributed by atoms with E-state index in [4.69, 9.17) is 0 Å². The number of aromatic nitrogens is 1. The predicted molar refractivity (Wildman–Crippen MR) is 72.2 cm³/mol. The molecule has 0 radical (unpaired) electrons. The van der Waals surface area contributed by atoms with E-state index < -0.39 is 0 Å². The molecule has 1 aliphatic heterocycles. The van der Waals surface area contributed by atoms with E-state index in [1.807, 2.05) is 25.2 Å². The minimum absolute atomic E-state index is 0.903. The molecule has 1 fully saturated rings. The van der Waals surface area contributed by atoms with Crippen molar-refractivity contribution in [3.63, 3.8) is 0 Å². The van der Waals surface area contributed by atoms with Crippen molar-refractivity contribution in [1.29, 1.82) is 0 Å². The van der Waals surface area contributed by atoms with Crippen LogP contribution in [-0.4, -0.2) is 37.1 Å². The number of hydrogen-bond acceptors (Lipinski definition) is 3. The monoisotopic (exact) mass is 233 g/mol. The van der Waals surface area contributed by atoms with Gasteiger partial charge in [0.2, 0.25) is 0 Å². The third-order valence-electron chi connectivity index (χ3n) is 3.55. The molecule has 1 aliphatic rings. The van der Waals surface area contributed by atoms with Gasteiger partial charge in [-0.15, -0.1) is 0 Å². The third-order valence-corrected chi connectivity index (χ3v) is 3.55. The Labute approximate surface area is 104 Å². The molecule has 0 amide bonds. The van der Waals surface area contributed by atoms with Crippen LogP contribution in [0.2, 0.25) is 0 Å². The lowest BCUT2D eigenvalue weighted by Crippen LogP contribution is -2.32. The summed E-state index contributed by atoms with van der Waals surface area (Å²) in [5.74, 6) is 1.93. The van der Waals surface area contributed by atoms with Crippen LogP contribution in [0.15, 0.2) is 18.3 Å². The predicted octanol–water partition coefficient (Wildman–Crippen LogP) is 2.38. The summed E-state index contributed by atoms with van der Waals surface area (Å²) in [5, 5.41) is 0. The fourth-order valence-electron chi connectivity index (χ4n) is 2.25. The fourth-order valence-corrected chi connectivity index (χ4v) is 2.25. The van der Waals surface area contributed by atoms with Crippen LogP contribution in [-0.2, 0) is 6.54 Å². The Hall–Kier alpha value is -1.09. The second kappa shape index (κ2) is 5.50. The van der Waals surface area contributed by atoms with E-state index in [0.29, 0.717) is 0 Å². The molecule has 2 heterocycles. The first kappa shape index (κ1) is 12.4. The fraction of sp³-hybridized carbons (Fsp3) is 0.643. The van der Waals surface area contributed by atoms with Gasteiger partial charge in [0.1, 0.15) is 5.82 Å². The number of hydrogen-bond donors (Lipinski definition) is 0. The second-order valence-corrected chi connectivity index (χ2v) is 5.38. The molecule has 0 N–H and O–H groups in total. The van der Waals surface area contributed by atoms with E-state index in [0.717, 1.165) is 18.3 Å². The first-order valence-electron chi connectivity index (χ1n) is 6.50. The lowest BCUT2D eigenvalue weighted by molar-refractivity contribution is 0.185.